The Labute approximate surface area is 157 Å². The van der Waals surface area contributed by atoms with Crippen molar-refractivity contribution >= 4 is 11.0 Å². The van der Waals surface area contributed by atoms with Crippen LogP contribution in [-0.2, 0) is 11.2 Å². The van der Waals surface area contributed by atoms with Crippen LogP contribution in [0.3, 0.4) is 0 Å². The fraction of sp³-hybridized carbons (Fsp3) is 0.381. The summed E-state index contributed by atoms with van der Waals surface area (Å²) < 4.78 is 7.62. The lowest BCUT2D eigenvalue weighted by Gasteiger charge is -2.21. The third-order valence-corrected chi connectivity index (χ3v) is 5.33. The number of aryl methyl sites for hydroxylation is 2. The van der Waals surface area contributed by atoms with Gasteiger partial charge in [-0.3, -0.25) is 0 Å². The van der Waals surface area contributed by atoms with E-state index >= 15 is 0 Å². The lowest BCUT2D eigenvalue weighted by Crippen LogP contribution is -2.38. The second-order valence-electron chi connectivity index (χ2n) is 7.15. The summed E-state index contributed by atoms with van der Waals surface area (Å²) in [6.07, 6.45) is -0.211. The number of rotatable bonds is 5. The van der Waals surface area contributed by atoms with Crippen LogP contribution in [0, 0.1) is 6.92 Å². The second kappa shape index (κ2) is 7.40. The molecule has 0 spiro atoms. The zero-order valence-electron chi connectivity index (χ0n) is 15.1. The first kappa shape index (κ1) is 18.1. The van der Waals surface area contributed by atoms with E-state index in [1.165, 1.54) is 0 Å². The monoisotopic (exact) mass is 368 g/mol. The topological polar surface area (TPSA) is 87.7 Å². The van der Waals surface area contributed by atoms with Gasteiger partial charge in [0.05, 0.1) is 6.10 Å². The average molecular weight is 368 g/mol. The van der Waals surface area contributed by atoms with E-state index in [2.05, 4.69) is 4.98 Å². The van der Waals surface area contributed by atoms with Crippen LogP contribution in [0.25, 0.3) is 11.0 Å². The van der Waals surface area contributed by atoms with E-state index in [1.54, 1.807) is 17.0 Å². The number of aromatic nitrogens is 2. The van der Waals surface area contributed by atoms with Crippen molar-refractivity contribution in [3.63, 3.8) is 0 Å². The molecule has 1 fully saturated rings. The fourth-order valence-electron chi connectivity index (χ4n) is 3.75. The molecule has 0 bridgehead atoms. The van der Waals surface area contributed by atoms with Gasteiger partial charge in [0.25, 0.3) is 0 Å². The first-order valence-electron chi connectivity index (χ1n) is 9.22. The van der Waals surface area contributed by atoms with Crippen LogP contribution in [0.1, 0.15) is 23.8 Å². The highest BCUT2D eigenvalue weighted by atomic mass is 16.6. The summed E-state index contributed by atoms with van der Waals surface area (Å²) in [6, 6.07) is 13.7. The Morgan fingerprint density at radius 3 is 2.67 bits per heavy atom. The Morgan fingerprint density at radius 2 is 1.89 bits per heavy atom. The molecule has 3 heterocycles. The molecule has 0 unspecified atom stereocenters. The molecular formula is C21H24N2O4. The number of nitrogens with zero attached hydrogens (tertiary/aromatic N) is 2. The molecule has 142 valence electrons. The van der Waals surface area contributed by atoms with Crippen molar-refractivity contribution in [2.45, 2.75) is 50.4 Å². The fourth-order valence-corrected chi connectivity index (χ4v) is 3.75. The Kier molecular flexibility index (Phi) is 4.97. The summed E-state index contributed by atoms with van der Waals surface area (Å²) >= 11 is 0. The zero-order chi connectivity index (χ0) is 19.0. The number of fused-ring (bicyclic) bond motifs is 1. The molecule has 0 aliphatic carbocycles. The predicted molar refractivity (Wildman–Crippen MR) is 101 cm³/mol. The number of aliphatic hydroxyl groups excluding tert-OH is 3. The van der Waals surface area contributed by atoms with Gasteiger partial charge in [0.15, 0.2) is 6.23 Å². The zero-order valence-corrected chi connectivity index (χ0v) is 15.1. The molecule has 3 N–H and O–H groups in total. The predicted octanol–water partition coefficient (Wildman–Crippen LogP) is 1.96. The number of benzene rings is 1. The minimum atomic E-state index is -1.16. The van der Waals surface area contributed by atoms with Crippen LogP contribution in [0.15, 0.2) is 54.9 Å². The maximum absolute atomic E-state index is 10.6. The van der Waals surface area contributed by atoms with Gasteiger partial charge in [0, 0.05) is 17.8 Å². The van der Waals surface area contributed by atoms with Gasteiger partial charge in [-0.15, -0.1) is 0 Å². The lowest BCUT2D eigenvalue weighted by atomic mass is 9.99. The van der Waals surface area contributed by atoms with Crippen LogP contribution in [0.2, 0.25) is 0 Å². The number of hydrogen-bond donors (Lipinski definition) is 3. The van der Waals surface area contributed by atoms with Gasteiger partial charge in [-0.2, -0.15) is 0 Å². The average Bonchev–Trinajstić information content (AvgIpc) is 3.23. The van der Waals surface area contributed by atoms with E-state index in [4.69, 9.17) is 4.74 Å². The molecule has 0 saturated carbocycles. The molecule has 5 atom stereocenters. The molecule has 1 aliphatic heterocycles. The molecule has 1 aromatic carbocycles. The van der Waals surface area contributed by atoms with E-state index in [-0.39, 0.29) is 0 Å². The number of pyridine rings is 1. The van der Waals surface area contributed by atoms with Crippen molar-refractivity contribution < 1.29 is 20.1 Å². The SMILES string of the molecule is Cc1ccnc2c1ccn2[C@@H]1O[C@H]([C@@H](O)CCc2ccccc2)[C@@H](O)[C@H]1O. The molecule has 2 aromatic heterocycles. The summed E-state index contributed by atoms with van der Waals surface area (Å²) in [5.74, 6) is 0. The standard InChI is InChI=1S/C21H24N2O4/c1-13-9-11-22-20-15(13)10-12-23(20)21-18(26)17(25)19(27-21)16(24)8-7-14-5-3-2-4-6-14/h2-6,9-12,16-19,21,24-26H,7-8H2,1H3/t16-,17-,18+,19+,21+/m0/s1. The van der Waals surface area contributed by atoms with E-state index in [0.29, 0.717) is 18.5 Å². The summed E-state index contributed by atoms with van der Waals surface area (Å²) in [6.45, 7) is 1.99. The molecule has 6 heteroatoms. The summed E-state index contributed by atoms with van der Waals surface area (Å²) in [7, 11) is 0. The van der Waals surface area contributed by atoms with E-state index in [1.807, 2.05) is 49.4 Å². The third-order valence-electron chi connectivity index (χ3n) is 5.33. The molecule has 3 aromatic rings. The molecule has 0 amide bonds. The van der Waals surface area contributed by atoms with Gasteiger partial charge >= 0.3 is 0 Å². The number of hydrogen-bond acceptors (Lipinski definition) is 5. The quantitative estimate of drug-likeness (QED) is 0.641. The van der Waals surface area contributed by atoms with Gasteiger partial charge in [-0.25, -0.2) is 4.98 Å². The first-order chi connectivity index (χ1) is 13.1. The van der Waals surface area contributed by atoms with Gasteiger partial charge in [0.1, 0.15) is 24.0 Å². The molecule has 6 nitrogen and oxygen atoms in total. The molecule has 1 aliphatic rings. The van der Waals surface area contributed by atoms with Gasteiger partial charge in [-0.1, -0.05) is 30.3 Å². The van der Waals surface area contributed by atoms with E-state index in [0.717, 1.165) is 16.5 Å². The number of ether oxygens (including phenoxy) is 1. The molecule has 4 rings (SSSR count). The van der Waals surface area contributed by atoms with Crippen molar-refractivity contribution in [2.75, 3.05) is 0 Å². The summed E-state index contributed by atoms with van der Waals surface area (Å²) in [5, 5.41) is 32.5. The van der Waals surface area contributed by atoms with Gasteiger partial charge in [0.2, 0.25) is 0 Å². The molecule has 1 saturated heterocycles. The molecular weight excluding hydrogens is 344 g/mol. The van der Waals surface area contributed by atoms with Crippen LogP contribution >= 0.6 is 0 Å². The summed E-state index contributed by atoms with van der Waals surface area (Å²) in [4.78, 5) is 4.38. The maximum atomic E-state index is 10.6. The van der Waals surface area contributed by atoms with Crippen molar-refractivity contribution in [1.29, 1.82) is 0 Å². The second-order valence-corrected chi connectivity index (χ2v) is 7.15. The Morgan fingerprint density at radius 1 is 1.11 bits per heavy atom. The van der Waals surface area contributed by atoms with Crippen LogP contribution < -0.4 is 0 Å². The highest BCUT2D eigenvalue weighted by Crippen LogP contribution is 2.34. The van der Waals surface area contributed by atoms with Gasteiger partial charge < -0.3 is 24.6 Å². The van der Waals surface area contributed by atoms with Crippen molar-refractivity contribution in [2.24, 2.45) is 0 Å². The largest absolute Gasteiger partial charge is 0.390 e. The highest BCUT2D eigenvalue weighted by molar-refractivity contribution is 5.79. The summed E-state index contributed by atoms with van der Waals surface area (Å²) in [5.41, 5.74) is 2.87. The van der Waals surface area contributed by atoms with E-state index < -0.39 is 30.6 Å². The van der Waals surface area contributed by atoms with Crippen molar-refractivity contribution in [3.8, 4) is 0 Å². The third kappa shape index (κ3) is 3.37. The Balaban J connectivity index is 1.51. The smallest absolute Gasteiger partial charge is 0.164 e. The van der Waals surface area contributed by atoms with Crippen molar-refractivity contribution in [1.82, 2.24) is 9.55 Å². The first-order valence-corrected chi connectivity index (χ1v) is 9.22. The Bertz CT molecular complexity index is 911. The Hall–Kier alpha value is -2.25. The molecule has 27 heavy (non-hydrogen) atoms. The van der Waals surface area contributed by atoms with Crippen LogP contribution in [-0.4, -0.2) is 49.3 Å². The number of aliphatic hydroxyl groups is 3. The van der Waals surface area contributed by atoms with Crippen LogP contribution in [0.4, 0.5) is 0 Å². The van der Waals surface area contributed by atoms with E-state index in [9.17, 15) is 15.3 Å². The minimum Gasteiger partial charge on any atom is -0.390 e. The van der Waals surface area contributed by atoms with Crippen molar-refractivity contribution in [3.05, 3.63) is 66.0 Å². The highest BCUT2D eigenvalue weighted by Gasteiger charge is 2.46. The van der Waals surface area contributed by atoms with Gasteiger partial charge in [-0.05, 0) is 43.0 Å². The molecule has 0 radical (unpaired) electrons. The van der Waals surface area contributed by atoms with Crippen LogP contribution in [0.5, 0.6) is 0 Å². The minimum absolute atomic E-state index is 0.439. The lowest BCUT2D eigenvalue weighted by molar-refractivity contribution is -0.0850. The maximum Gasteiger partial charge on any atom is 0.164 e. The normalized spacial score (nSPS) is 26.5.